The van der Waals surface area contributed by atoms with E-state index in [9.17, 15) is 9.59 Å². The maximum atomic E-state index is 12.4. The molecule has 198 valence electrons. The van der Waals surface area contributed by atoms with Gasteiger partial charge in [-0.2, -0.15) is 0 Å². The molecule has 0 unspecified atom stereocenters. The summed E-state index contributed by atoms with van der Waals surface area (Å²) in [5, 5.41) is 8.50. The number of ether oxygens (including phenoxy) is 4. The molecule has 11 heteroatoms. The summed E-state index contributed by atoms with van der Waals surface area (Å²) >= 11 is 0. The quantitative estimate of drug-likeness (QED) is 0.247. The molecule has 2 amide bonds. The SMILES string of the molecule is CNC(=O)OCCOCCOCCOCCNC(=O)c1ccc(Nc2cccc(-c3cnco3)c2)cc1. The number of hydrogen-bond acceptors (Lipinski definition) is 9. The van der Waals surface area contributed by atoms with Crippen molar-refractivity contribution in [1.29, 1.82) is 0 Å². The summed E-state index contributed by atoms with van der Waals surface area (Å²) in [6.45, 7) is 2.91. The summed E-state index contributed by atoms with van der Waals surface area (Å²) in [6, 6.07) is 15.0. The van der Waals surface area contributed by atoms with Crippen molar-refractivity contribution in [3.63, 3.8) is 0 Å². The lowest BCUT2D eigenvalue weighted by Gasteiger charge is -2.10. The highest BCUT2D eigenvalue weighted by Crippen LogP contribution is 2.24. The van der Waals surface area contributed by atoms with E-state index >= 15 is 0 Å². The molecule has 0 aliphatic carbocycles. The Morgan fingerprint density at radius 3 is 2.24 bits per heavy atom. The maximum Gasteiger partial charge on any atom is 0.406 e. The fourth-order valence-corrected chi connectivity index (χ4v) is 3.13. The van der Waals surface area contributed by atoms with Gasteiger partial charge in [0.25, 0.3) is 5.91 Å². The number of nitrogens with one attached hydrogen (secondary N) is 3. The second-order valence-electron chi connectivity index (χ2n) is 7.63. The number of carbonyl (C=O) groups excluding carboxylic acids is 2. The van der Waals surface area contributed by atoms with Gasteiger partial charge in [-0.25, -0.2) is 9.78 Å². The number of alkyl carbamates (subject to hydrolysis) is 1. The minimum Gasteiger partial charge on any atom is -0.447 e. The van der Waals surface area contributed by atoms with E-state index in [1.54, 1.807) is 18.3 Å². The number of anilines is 2. The van der Waals surface area contributed by atoms with Crippen molar-refractivity contribution < 1.29 is 33.0 Å². The molecule has 0 bridgehead atoms. The predicted octanol–water partition coefficient (Wildman–Crippen LogP) is 3.22. The number of aromatic nitrogens is 1. The third kappa shape index (κ3) is 10.3. The number of hydrogen-bond donors (Lipinski definition) is 3. The average Bonchev–Trinajstić information content (AvgIpc) is 3.47. The molecule has 11 nitrogen and oxygen atoms in total. The van der Waals surface area contributed by atoms with Gasteiger partial charge in [0.15, 0.2) is 12.2 Å². The van der Waals surface area contributed by atoms with E-state index in [0.717, 1.165) is 16.9 Å². The van der Waals surface area contributed by atoms with E-state index in [4.69, 9.17) is 23.4 Å². The molecule has 0 saturated heterocycles. The highest BCUT2D eigenvalue weighted by molar-refractivity contribution is 5.94. The van der Waals surface area contributed by atoms with Crippen molar-refractivity contribution in [2.75, 3.05) is 65.2 Å². The summed E-state index contributed by atoms with van der Waals surface area (Å²) in [4.78, 5) is 27.2. The molecular weight excluding hydrogens is 480 g/mol. The van der Waals surface area contributed by atoms with Crippen LogP contribution in [0.1, 0.15) is 10.4 Å². The third-order valence-corrected chi connectivity index (χ3v) is 4.96. The first-order valence-corrected chi connectivity index (χ1v) is 11.9. The third-order valence-electron chi connectivity index (χ3n) is 4.96. The Morgan fingerprint density at radius 1 is 0.865 bits per heavy atom. The van der Waals surface area contributed by atoms with Gasteiger partial charge >= 0.3 is 6.09 Å². The van der Waals surface area contributed by atoms with Crippen molar-refractivity contribution in [3.8, 4) is 11.3 Å². The van der Waals surface area contributed by atoms with E-state index in [2.05, 4.69) is 20.9 Å². The minimum absolute atomic E-state index is 0.170. The molecule has 3 rings (SSSR count). The zero-order valence-electron chi connectivity index (χ0n) is 20.7. The van der Waals surface area contributed by atoms with Gasteiger partial charge in [0.2, 0.25) is 0 Å². The number of oxazole rings is 1. The molecule has 0 spiro atoms. The molecule has 2 aromatic carbocycles. The molecule has 0 atom stereocenters. The largest absolute Gasteiger partial charge is 0.447 e. The average molecular weight is 513 g/mol. The van der Waals surface area contributed by atoms with E-state index in [1.165, 1.54) is 13.4 Å². The second kappa shape index (κ2) is 15.9. The Balaban J connectivity index is 1.23. The second-order valence-corrected chi connectivity index (χ2v) is 7.63. The molecule has 3 aromatic rings. The molecule has 37 heavy (non-hydrogen) atoms. The van der Waals surface area contributed by atoms with E-state index in [0.29, 0.717) is 57.5 Å². The normalized spacial score (nSPS) is 10.6. The Hall–Kier alpha value is -3.93. The van der Waals surface area contributed by atoms with Gasteiger partial charge in [-0.3, -0.25) is 4.79 Å². The Labute approximate surface area is 215 Å². The summed E-state index contributed by atoms with van der Waals surface area (Å²) in [7, 11) is 1.49. The van der Waals surface area contributed by atoms with Gasteiger partial charge in [0, 0.05) is 36.1 Å². The van der Waals surface area contributed by atoms with E-state index < -0.39 is 6.09 Å². The van der Waals surface area contributed by atoms with Crippen LogP contribution >= 0.6 is 0 Å². The summed E-state index contributed by atoms with van der Waals surface area (Å²) in [5.74, 6) is 0.524. The van der Waals surface area contributed by atoms with Crippen LogP contribution in [0, 0.1) is 0 Å². The topological polar surface area (TPSA) is 133 Å². The highest BCUT2D eigenvalue weighted by Gasteiger charge is 2.06. The standard InChI is InChI=1S/C26H32N4O7/c1-27-26(32)36-16-15-35-14-13-34-12-11-33-10-9-29-25(31)20-5-7-22(8-6-20)30-23-4-2-3-21(17-23)24-18-28-19-37-24/h2-8,17-19,30H,9-16H2,1H3,(H,27,32)(H,29,31). The predicted molar refractivity (Wildman–Crippen MR) is 137 cm³/mol. The van der Waals surface area contributed by atoms with Gasteiger partial charge in [0.05, 0.1) is 45.8 Å². The Morgan fingerprint density at radius 2 is 1.57 bits per heavy atom. The minimum atomic E-state index is -0.485. The monoisotopic (exact) mass is 512 g/mol. The van der Waals surface area contributed by atoms with Crippen LogP contribution in [-0.2, 0) is 18.9 Å². The van der Waals surface area contributed by atoms with Crippen molar-refractivity contribution in [2.45, 2.75) is 0 Å². The zero-order valence-corrected chi connectivity index (χ0v) is 20.7. The van der Waals surface area contributed by atoms with Gasteiger partial charge in [-0.15, -0.1) is 0 Å². The van der Waals surface area contributed by atoms with Crippen LogP contribution in [0.15, 0.2) is 65.5 Å². The lowest BCUT2D eigenvalue weighted by Crippen LogP contribution is -2.27. The van der Waals surface area contributed by atoms with Crippen molar-refractivity contribution >= 4 is 23.4 Å². The molecule has 0 aliphatic rings. The van der Waals surface area contributed by atoms with Crippen LogP contribution in [0.4, 0.5) is 16.2 Å². The maximum absolute atomic E-state index is 12.4. The molecular formula is C26H32N4O7. The van der Waals surface area contributed by atoms with Crippen LogP contribution in [0.5, 0.6) is 0 Å². The van der Waals surface area contributed by atoms with Gasteiger partial charge in [0.1, 0.15) is 6.61 Å². The highest BCUT2D eigenvalue weighted by atomic mass is 16.6. The van der Waals surface area contributed by atoms with Crippen molar-refractivity contribution in [3.05, 3.63) is 66.7 Å². The van der Waals surface area contributed by atoms with Gasteiger partial charge in [-0.1, -0.05) is 12.1 Å². The molecule has 0 aliphatic heterocycles. The molecule has 0 saturated carbocycles. The molecule has 0 fully saturated rings. The first-order valence-electron chi connectivity index (χ1n) is 11.9. The Kier molecular flexibility index (Phi) is 11.9. The smallest absolute Gasteiger partial charge is 0.406 e. The summed E-state index contributed by atoms with van der Waals surface area (Å²) < 4.78 is 26.2. The Bertz CT molecular complexity index is 1070. The fraction of sp³-hybridized carbons (Fsp3) is 0.346. The molecule has 0 radical (unpaired) electrons. The first kappa shape index (κ1) is 27.7. The lowest BCUT2D eigenvalue weighted by molar-refractivity contribution is 0.00631. The molecule has 3 N–H and O–H groups in total. The van der Waals surface area contributed by atoms with Crippen LogP contribution in [0.3, 0.4) is 0 Å². The molecule has 1 aromatic heterocycles. The summed E-state index contributed by atoms with van der Waals surface area (Å²) in [5.41, 5.74) is 3.23. The summed E-state index contributed by atoms with van der Waals surface area (Å²) in [6.07, 6.45) is 2.58. The van der Waals surface area contributed by atoms with Crippen LogP contribution in [0.25, 0.3) is 11.3 Å². The van der Waals surface area contributed by atoms with E-state index in [1.807, 2.05) is 36.4 Å². The fourth-order valence-electron chi connectivity index (χ4n) is 3.13. The number of rotatable bonds is 16. The van der Waals surface area contributed by atoms with E-state index in [-0.39, 0.29) is 12.5 Å². The van der Waals surface area contributed by atoms with Crippen molar-refractivity contribution in [2.24, 2.45) is 0 Å². The first-order chi connectivity index (χ1) is 18.2. The lowest BCUT2D eigenvalue weighted by atomic mass is 10.1. The number of carbonyl (C=O) groups is 2. The van der Waals surface area contributed by atoms with Crippen molar-refractivity contribution in [1.82, 2.24) is 15.6 Å². The van der Waals surface area contributed by atoms with Crippen LogP contribution in [-0.4, -0.2) is 76.8 Å². The number of amides is 2. The van der Waals surface area contributed by atoms with Crippen LogP contribution in [0.2, 0.25) is 0 Å². The van der Waals surface area contributed by atoms with Crippen LogP contribution < -0.4 is 16.0 Å². The van der Waals surface area contributed by atoms with Gasteiger partial charge < -0.3 is 39.3 Å². The van der Waals surface area contributed by atoms with Gasteiger partial charge in [-0.05, 0) is 36.4 Å². The number of benzene rings is 2. The number of nitrogens with zero attached hydrogens (tertiary/aromatic N) is 1. The molecule has 1 heterocycles. The zero-order chi connectivity index (χ0) is 26.1.